The van der Waals surface area contributed by atoms with Crippen LogP contribution in [0.5, 0.6) is 5.75 Å². The molecule has 0 N–H and O–H groups in total. The summed E-state index contributed by atoms with van der Waals surface area (Å²) < 4.78 is 12.1. The molecule has 4 heterocycles. The average molecular weight is 505 g/mol. The Hall–Kier alpha value is -4.50. The van der Waals surface area contributed by atoms with Crippen molar-refractivity contribution in [2.24, 2.45) is 0 Å². The van der Waals surface area contributed by atoms with Gasteiger partial charge >= 0.3 is 5.85 Å². The van der Waals surface area contributed by atoms with Crippen LogP contribution in [0, 0.1) is 13.8 Å². The molecule has 9 rings (SSSR count). The molecule has 186 valence electrons. The predicted octanol–water partition coefficient (Wildman–Crippen LogP) is 7.07. The van der Waals surface area contributed by atoms with E-state index in [1.165, 1.54) is 66.5 Å². The largest absolute Gasteiger partial charge is 0.556 e. The van der Waals surface area contributed by atoms with Gasteiger partial charge in [-0.15, -0.1) is 0 Å². The van der Waals surface area contributed by atoms with E-state index in [2.05, 4.69) is 134 Å². The molecule has 0 bridgehead atoms. The maximum Gasteiger partial charge on any atom is 0.556 e. The number of aryl methyl sites for hydroxylation is 2. The summed E-state index contributed by atoms with van der Waals surface area (Å²) >= 11 is 0. The monoisotopic (exact) mass is 504 g/mol. The van der Waals surface area contributed by atoms with E-state index in [4.69, 9.17) is 4.74 Å². The zero-order valence-corrected chi connectivity index (χ0v) is 22.5. The number of rotatable bonds is 0. The summed E-state index contributed by atoms with van der Waals surface area (Å²) in [5, 5.41) is 2.52. The van der Waals surface area contributed by atoms with Gasteiger partial charge in [-0.1, -0.05) is 71.5 Å². The summed E-state index contributed by atoms with van der Waals surface area (Å²) in [5.41, 5.74) is 13.9. The Labute approximate surface area is 227 Å². The maximum atomic E-state index is 7.24. The Morgan fingerprint density at radius 1 is 0.744 bits per heavy atom. The molecule has 0 radical (unpaired) electrons. The zero-order chi connectivity index (χ0) is 26.3. The van der Waals surface area contributed by atoms with Gasteiger partial charge < -0.3 is 4.74 Å². The smallest absolute Gasteiger partial charge is 0.367 e. The van der Waals surface area contributed by atoms with Crippen LogP contribution in [0.4, 0.5) is 0 Å². The van der Waals surface area contributed by atoms with E-state index in [0.29, 0.717) is 0 Å². The predicted molar refractivity (Wildman–Crippen MR) is 154 cm³/mol. The normalized spacial score (nSPS) is 18.8. The summed E-state index contributed by atoms with van der Waals surface area (Å²) in [5.74, 6) is 0.0617. The fourth-order valence-corrected chi connectivity index (χ4v) is 7.97. The molecular weight excluding hydrogens is 476 g/mol. The number of fused-ring (bicyclic) bond motifs is 13. The van der Waals surface area contributed by atoms with Gasteiger partial charge in [0, 0.05) is 17.5 Å². The number of para-hydroxylation sites is 1. The first-order valence-electron chi connectivity index (χ1n) is 13.8. The Balaban J connectivity index is 1.58. The molecule has 1 spiro atoms. The topological polar surface area (TPSA) is 17.0 Å². The molecule has 6 aromatic rings. The summed E-state index contributed by atoms with van der Waals surface area (Å²) in [6, 6.07) is 33.3. The van der Waals surface area contributed by atoms with Gasteiger partial charge in [0.25, 0.3) is 5.52 Å². The molecule has 0 saturated heterocycles. The van der Waals surface area contributed by atoms with Crippen molar-refractivity contribution in [3.05, 3.63) is 125 Å². The minimum Gasteiger partial charge on any atom is -0.367 e. The van der Waals surface area contributed by atoms with Crippen molar-refractivity contribution in [3.63, 3.8) is 0 Å². The number of ether oxygens (including phenoxy) is 1. The highest BCUT2D eigenvalue weighted by molar-refractivity contribution is 6.01. The van der Waals surface area contributed by atoms with Gasteiger partial charge in [-0.25, -0.2) is 0 Å². The standard InChI is InChI=1S/C36H28N2O/c1-21-19-22(2)30-28(20-21)38-34(31-24-13-5-7-15-26(24)35(3,4)32(30)31)25-14-6-8-16-27(25)36(38)37-18-10-12-23-11-9-17-29(39-36)33(23)37/h5-20H,1-4H3/q+2. The Kier molecular flexibility index (Phi) is 3.70. The second-order valence-corrected chi connectivity index (χ2v) is 11.9. The van der Waals surface area contributed by atoms with Crippen molar-refractivity contribution < 1.29 is 13.9 Å². The van der Waals surface area contributed by atoms with Gasteiger partial charge in [-0.3, -0.25) is 0 Å². The minimum atomic E-state index is -0.857. The molecule has 2 aliphatic heterocycles. The third-order valence-electron chi connectivity index (χ3n) is 9.35. The van der Waals surface area contributed by atoms with Crippen molar-refractivity contribution in [3.8, 4) is 28.1 Å². The van der Waals surface area contributed by atoms with Gasteiger partial charge in [-0.05, 0) is 72.0 Å². The zero-order valence-electron chi connectivity index (χ0n) is 22.5. The number of hydrogen-bond donors (Lipinski definition) is 0. The fourth-order valence-electron chi connectivity index (χ4n) is 7.97. The van der Waals surface area contributed by atoms with Crippen LogP contribution in [0.15, 0.2) is 97.2 Å². The Bertz CT molecular complexity index is 2100. The van der Waals surface area contributed by atoms with E-state index >= 15 is 0 Å². The lowest BCUT2D eigenvalue weighted by atomic mass is 9.79. The van der Waals surface area contributed by atoms with Gasteiger partial charge in [0.1, 0.15) is 0 Å². The molecule has 39 heavy (non-hydrogen) atoms. The molecule has 2 aromatic heterocycles. The number of pyridine rings is 2. The lowest BCUT2D eigenvalue weighted by Gasteiger charge is -2.24. The average Bonchev–Trinajstić information content (AvgIpc) is 3.51. The van der Waals surface area contributed by atoms with Crippen molar-refractivity contribution in [1.29, 1.82) is 0 Å². The number of benzene rings is 4. The lowest BCUT2D eigenvalue weighted by Crippen LogP contribution is -2.73. The van der Waals surface area contributed by atoms with Crippen LogP contribution >= 0.6 is 0 Å². The third-order valence-corrected chi connectivity index (χ3v) is 9.35. The molecule has 0 saturated carbocycles. The highest BCUT2D eigenvalue weighted by atomic mass is 16.5. The number of nitrogens with zero attached hydrogens (tertiary/aromatic N) is 2. The molecule has 1 aliphatic carbocycles. The first kappa shape index (κ1) is 21.4. The molecule has 3 heteroatoms. The van der Waals surface area contributed by atoms with E-state index in [-0.39, 0.29) is 5.41 Å². The van der Waals surface area contributed by atoms with E-state index in [1.54, 1.807) is 0 Å². The number of aromatic nitrogens is 2. The number of hydrogen-bond acceptors (Lipinski definition) is 1. The van der Waals surface area contributed by atoms with Crippen molar-refractivity contribution in [2.75, 3.05) is 0 Å². The molecule has 1 unspecified atom stereocenters. The van der Waals surface area contributed by atoms with Gasteiger partial charge in [0.05, 0.1) is 21.9 Å². The van der Waals surface area contributed by atoms with Gasteiger partial charge in [-0.2, -0.15) is 0 Å². The van der Waals surface area contributed by atoms with Crippen LogP contribution in [0.3, 0.4) is 0 Å². The molecule has 0 amide bonds. The van der Waals surface area contributed by atoms with Crippen molar-refractivity contribution >= 4 is 21.8 Å². The van der Waals surface area contributed by atoms with Crippen LogP contribution < -0.4 is 13.9 Å². The fraction of sp³-hybridized carbons (Fsp3) is 0.167. The van der Waals surface area contributed by atoms with E-state index in [9.17, 15) is 0 Å². The summed E-state index contributed by atoms with van der Waals surface area (Å²) in [7, 11) is 0. The quantitative estimate of drug-likeness (QED) is 0.202. The second-order valence-electron chi connectivity index (χ2n) is 11.9. The minimum absolute atomic E-state index is 0.128. The molecular formula is C36H28N2O+2. The lowest BCUT2D eigenvalue weighted by molar-refractivity contribution is -0.982. The first-order valence-corrected chi connectivity index (χ1v) is 13.8. The summed E-state index contributed by atoms with van der Waals surface area (Å²) in [4.78, 5) is 0. The maximum absolute atomic E-state index is 7.24. The molecule has 1 atom stereocenters. The molecule has 3 aliphatic rings. The highest BCUT2D eigenvalue weighted by Crippen LogP contribution is 2.57. The third kappa shape index (κ3) is 2.29. The first-order chi connectivity index (χ1) is 18.9. The van der Waals surface area contributed by atoms with Gasteiger partial charge in [0.2, 0.25) is 17.0 Å². The van der Waals surface area contributed by atoms with E-state index in [0.717, 1.165) is 11.3 Å². The molecule has 0 fully saturated rings. The van der Waals surface area contributed by atoms with Gasteiger partial charge in [0.15, 0.2) is 11.8 Å². The van der Waals surface area contributed by atoms with Crippen LogP contribution in [0.2, 0.25) is 0 Å². The summed E-state index contributed by atoms with van der Waals surface area (Å²) in [6.45, 7) is 9.26. The van der Waals surface area contributed by atoms with Crippen molar-refractivity contribution in [1.82, 2.24) is 0 Å². The van der Waals surface area contributed by atoms with Crippen LogP contribution in [-0.4, -0.2) is 0 Å². The van der Waals surface area contributed by atoms with Crippen molar-refractivity contribution in [2.45, 2.75) is 39.0 Å². The molecule has 3 nitrogen and oxygen atoms in total. The Morgan fingerprint density at radius 2 is 1.49 bits per heavy atom. The van der Waals surface area contributed by atoms with E-state index in [1.807, 2.05) is 0 Å². The Morgan fingerprint density at radius 3 is 2.33 bits per heavy atom. The SMILES string of the molecule is Cc1cc(C)c2c3c(c4[n+](c2c1)C1(Oc2cccc5ccc[n+]1c25)c1ccccc1-4)-c1ccccc1C3(C)C. The second kappa shape index (κ2) is 6.73. The van der Waals surface area contributed by atoms with Crippen LogP contribution in [0.1, 0.15) is 41.7 Å². The van der Waals surface area contributed by atoms with Crippen LogP contribution in [0.25, 0.3) is 44.2 Å². The summed E-state index contributed by atoms with van der Waals surface area (Å²) in [6.07, 6.45) is 2.19. The van der Waals surface area contributed by atoms with Crippen LogP contribution in [-0.2, 0) is 11.3 Å². The molecule has 4 aromatic carbocycles. The highest BCUT2D eigenvalue weighted by Gasteiger charge is 2.69. The van der Waals surface area contributed by atoms with E-state index < -0.39 is 5.85 Å².